The molecule has 4 nitrogen and oxygen atoms in total. The van der Waals surface area contributed by atoms with Crippen molar-refractivity contribution in [2.75, 3.05) is 14.2 Å². The minimum Gasteiger partial charge on any atom is -0.496 e. The van der Waals surface area contributed by atoms with Gasteiger partial charge in [0.05, 0.1) is 25.0 Å². The number of hydrogen-bond acceptors (Lipinski definition) is 4. The van der Waals surface area contributed by atoms with Gasteiger partial charge in [-0.05, 0) is 12.5 Å². The van der Waals surface area contributed by atoms with E-state index in [2.05, 4.69) is 0 Å². The van der Waals surface area contributed by atoms with Gasteiger partial charge in [0.25, 0.3) is 0 Å². The van der Waals surface area contributed by atoms with Crippen LogP contribution in [0, 0.1) is 6.92 Å². The third kappa shape index (κ3) is 1.72. The first-order valence-electron chi connectivity index (χ1n) is 6.24. The summed E-state index contributed by atoms with van der Waals surface area (Å²) in [4.78, 5) is 12.2. The van der Waals surface area contributed by atoms with Gasteiger partial charge in [-0.25, -0.2) is 4.79 Å². The van der Waals surface area contributed by atoms with Crippen LogP contribution in [-0.2, 0) is 0 Å². The lowest BCUT2D eigenvalue weighted by Gasteiger charge is -2.10. The number of hydrogen-bond donors (Lipinski definition) is 0. The highest BCUT2D eigenvalue weighted by Crippen LogP contribution is 2.35. The van der Waals surface area contributed by atoms with Gasteiger partial charge >= 0.3 is 5.63 Å². The molecule has 0 aliphatic carbocycles. The quantitative estimate of drug-likeness (QED) is 0.529. The molecule has 0 saturated carbocycles. The summed E-state index contributed by atoms with van der Waals surface area (Å²) in [6, 6.07) is 9.18. The van der Waals surface area contributed by atoms with Gasteiger partial charge in [-0.2, -0.15) is 0 Å². The molecule has 0 radical (unpaired) electrons. The van der Waals surface area contributed by atoms with Gasteiger partial charge in [-0.1, -0.05) is 18.2 Å². The molecule has 0 amide bonds. The lowest BCUT2D eigenvalue weighted by atomic mass is 10.0. The lowest BCUT2D eigenvalue weighted by molar-refractivity contribution is 0.396. The molecule has 102 valence electrons. The van der Waals surface area contributed by atoms with E-state index in [1.54, 1.807) is 26.4 Å². The summed E-state index contributed by atoms with van der Waals surface area (Å²) >= 11 is 0. The highest BCUT2D eigenvalue weighted by atomic mass is 16.5. The van der Waals surface area contributed by atoms with Gasteiger partial charge < -0.3 is 13.9 Å². The summed E-state index contributed by atoms with van der Waals surface area (Å²) < 4.78 is 16.0. The van der Waals surface area contributed by atoms with Crippen LogP contribution in [0.25, 0.3) is 21.7 Å². The van der Waals surface area contributed by atoms with Crippen LogP contribution >= 0.6 is 0 Å². The van der Waals surface area contributed by atoms with E-state index in [0.29, 0.717) is 22.5 Å². The molecule has 3 rings (SSSR count). The normalized spacial score (nSPS) is 10.9. The van der Waals surface area contributed by atoms with Crippen molar-refractivity contribution in [1.29, 1.82) is 0 Å². The van der Waals surface area contributed by atoms with Crippen LogP contribution in [0.1, 0.15) is 5.56 Å². The Labute approximate surface area is 115 Å². The second kappa shape index (κ2) is 4.56. The van der Waals surface area contributed by atoms with Gasteiger partial charge in [0, 0.05) is 17.5 Å². The fourth-order valence-electron chi connectivity index (χ4n) is 2.49. The molecule has 4 heteroatoms. The highest BCUT2D eigenvalue weighted by molar-refractivity contribution is 6.08. The van der Waals surface area contributed by atoms with Crippen LogP contribution in [0.15, 0.2) is 39.5 Å². The van der Waals surface area contributed by atoms with E-state index in [9.17, 15) is 4.79 Å². The predicted molar refractivity (Wildman–Crippen MR) is 77.8 cm³/mol. The third-order valence-electron chi connectivity index (χ3n) is 3.44. The molecule has 3 aromatic rings. The van der Waals surface area contributed by atoms with Crippen LogP contribution in [0.2, 0.25) is 0 Å². The van der Waals surface area contributed by atoms with Crippen molar-refractivity contribution < 1.29 is 13.9 Å². The average molecular weight is 270 g/mol. The van der Waals surface area contributed by atoms with E-state index in [1.165, 1.54) is 0 Å². The largest absolute Gasteiger partial charge is 0.496 e. The van der Waals surface area contributed by atoms with E-state index >= 15 is 0 Å². The Balaban J connectivity index is 2.60. The first-order valence-corrected chi connectivity index (χ1v) is 6.24. The maximum Gasteiger partial charge on any atom is 0.344 e. The molecule has 0 aliphatic heterocycles. The van der Waals surface area contributed by atoms with Crippen molar-refractivity contribution in [2.24, 2.45) is 0 Å². The summed E-state index contributed by atoms with van der Waals surface area (Å²) in [5, 5.41) is 2.20. The molecule has 20 heavy (non-hydrogen) atoms. The molecular formula is C16H14O4. The Bertz CT molecular complexity index is 862. The third-order valence-corrected chi connectivity index (χ3v) is 3.44. The molecular weight excluding hydrogens is 256 g/mol. The van der Waals surface area contributed by atoms with E-state index in [-0.39, 0.29) is 5.63 Å². The first kappa shape index (κ1) is 12.5. The zero-order valence-corrected chi connectivity index (χ0v) is 11.5. The van der Waals surface area contributed by atoms with E-state index in [0.717, 1.165) is 16.3 Å². The maximum atomic E-state index is 12.2. The number of rotatable bonds is 2. The number of methoxy groups -OCH3 is 2. The van der Waals surface area contributed by atoms with Gasteiger partial charge in [-0.3, -0.25) is 0 Å². The van der Waals surface area contributed by atoms with Gasteiger partial charge in [0.2, 0.25) is 0 Å². The molecule has 1 heterocycles. The van der Waals surface area contributed by atoms with Crippen LogP contribution in [0.4, 0.5) is 0 Å². The molecule has 0 aliphatic rings. The first-order chi connectivity index (χ1) is 9.65. The maximum absolute atomic E-state index is 12.2. The molecule has 0 unspecified atom stereocenters. The van der Waals surface area contributed by atoms with Crippen molar-refractivity contribution in [3.63, 3.8) is 0 Å². The molecule has 0 bridgehead atoms. The fraction of sp³-hybridized carbons (Fsp3) is 0.188. The van der Waals surface area contributed by atoms with Crippen LogP contribution in [0.5, 0.6) is 11.5 Å². The fourth-order valence-corrected chi connectivity index (χ4v) is 2.49. The topological polar surface area (TPSA) is 48.7 Å². The van der Waals surface area contributed by atoms with Crippen LogP contribution in [0.3, 0.4) is 0 Å². The number of ether oxygens (including phenoxy) is 2. The molecule has 0 N–H and O–H groups in total. The van der Waals surface area contributed by atoms with Gasteiger partial charge in [-0.15, -0.1) is 0 Å². The molecule has 0 spiro atoms. The van der Waals surface area contributed by atoms with Crippen molar-refractivity contribution in [2.45, 2.75) is 6.92 Å². The van der Waals surface area contributed by atoms with Crippen LogP contribution < -0.4 is 15.1 Å². The standard InChI is InChI=1S/C16H14O4/c1-9-5-4-6-11-14(9)16(17)20-13-8-10(18-2)7-12(19-3)15(11)13/h4-8H,1-3H3. The molecule has 0 saturated heterocycles. The Kier molecular flexibility index (Phi) is 2.86. The Hall–Kier alpha value is -2.49. The summed E-state index contributed by atoms with van der Waals surface area (Å²) in [6.07, 6.45) is 0. The summed E-state index contributed by atoms with van der Waals surface area (Å²) in [5.74, 6) is 1.21. The molecule has 1 aromatic heterocycles. The Morgan fingerprint density at radius 2 is 1.85 bits per heavy atom. The minimum absolute atomic E-state index is 0.346. The van der Waals surface area contributed by atoms with Crippen molar-refractivity contribution >= 4 is 21.7 Å². The number of benzene rings is 2. The lowest BCUT2D eigenvalue weighted by Crippen LogP contribution is -2.02. The highest BCUT2D eigenvalue weighted by Gasteiger charge is 2.14. The molecule has 0 fully saturated rings. The Morgan fingerprint density at radius 3 is 2.55 bits per heavy atom. The monoisotopic (exact) mass is 270 g/mol. The zero-order chi connectivity index (χ0) is 14.3. The SMILES string of the molecule is COc1cc(OC)c2c(c1)oc(=O)c1c(C)cccc12. The van der Waals surface area contributed by atoms with E-state index < -0.39 is 0 Å². The summed E-state index contributed by atoms with van der Waals surface area (Å²) in [5.41, 5.74) is 1.00. The predicted octanol–water partition coefficient (Wildman–Crippen LogP) is 3.27. The van der Waals surface area contributed by atoms with Crippen molar-refractivity contribution in [1.82, 2.24) is 0 Å². The second-order valence-corrected chi connectivity index (χ2v) is 4.59. The molecule has 2 aromatic carbocycles. The number of aryl methyl sites for hydroxylation is 1. The van der Waals surface area contributed by atoms with E-state index in [1.807, 2.05) is 25.1 Å². The smallest absolute Gasteiger partial charge is 0.344 e. The van der Waals surface area contributed by atoms with E-state index in [4.69, 9.17) is 13.9 Å². The summed E-state index contributed by atoms with van der Waals surface area (Å²) in [6.45, 7) is 1.89. The van der Waals surface area contributed by atoms with Gasteiger partial charge in [0.1, 0.15) is 17.1 Å². The van der Waals surface area contributed by atoms with Crippen molar-refractivity contribution in [3.8, 4) is 11.5 Å². The van der Waals surface area contributed by atoms with Crippen LogP contribution in [-0.4, -0.2) is 14.2 Å². The molecule has 0 atom stereocenters. The second-order valence-electron chi connectivity index (χ2n) is 4.59. The average Bonchev–Trinajstić information content (AvgIpc) is 2.45. The van der Waals surface area contributed by atoms with Crippen molar-refractivity contribution in [3.05, 3.63) is 46.3 Å². The Morgan fingerprint density at radius 1 is 1.05 bits per heavy atom. The summed E-state index contributed by atoms with van der Waals surface area (Å²) in [7, 11) is 3.14. The zero-order valence-electron chi connectivity index (χ0n) is 11.5. The van der Waals surface area contributed by atoms with Gasteiger partial charge in [0.15, 0.2) is 0 Å². The minimum atomic E-state index is -0.346. The number of fused-ring (bicyclic) bond motifs is 3.